The summed E-state index contributed by atoms with van der Waals surface area (Å²) in [5.41, 5.74) is 2.29. The van der Waals surface area contributed by atoms with Gasteiger partial charge in [0, 0.05) is 11.0 Å². The average molecular weight is 216 g/mol. The smallest absolute Gasteiger partial charge is 0.181 e. The molecule has 2 rings (SSSR count). The summed E-state index contributed by atoms with van der Waals surface area (Å²) in [6.07, 6.45) is 7.98. The molecule has 0 spiro atoms. The summed E-state index contributed by atoms with van der Waals surface area (Å²) in [6, 6.07) is 0. The van der Waals surface area contributed by atoms with Crippen LogP contribution in [0, 0.1) is 17.3 Å². The number of fused-ring (bicyclic) bond motifs is 1. The first-order valence-electron chi connectivity index (χ1n) is 6.03. The summed E-state index contributed by atoms with van der Waals surface area (Å²) in [5.74, 6) is 1.19. The van der Waals surface area contributed by atoms with Crippen LogP contribution in [0.5, 0.6) is 0 Å². The second-order valence-electron chi connectivity index (χ2n) is 5.53. The van der Waals surface area contributed by atoms with Crippen molar-refractivity contribution >= 4 is 5.78 Å². The molecule has 86 valence electrons. The molecule has 2 aliphatic rings. The van der Waals surface area contributed by atoms with Crippen LogP contribution in [0.1, 0.15) is 33.6 Å². The molecule has 0 aromatic carbocycles. The van der Waals surface area contributed by atoms with Gasteiger partial charge in [-0.3, -0.25) is 4.79 Å². The van der Waals surface area contributed by atoms with E-state index < -0.39 is 0 Å². The molecule has 0 heterocycles. The lowest BCUT2D eigenvalue weighted by Crippen LogP contribution is -2.37. The van der Waals surface area contributed by atoms with Gasteiger partial charge in [-0.2, -0.15) is 0 Å². The number of carbonyl (C=O) groups is 1. The molecule has 0 bridgehead atoms. The first-order valence-corrected chi connectivity index (χ1v) is 6.03. The van der Waals surface area contributed by atoms with E-state index in [0.717, 1.165) is 18.4 Å². The van der Waals surface area contributed by atoms with Gasteiger partial charge in [0.2, 0.25) is 0 Å². The molecule has 0 amide bonds. The van der Waals surface area contributed by atoms with Crippen molar-refractivity contribution in [2.75, 3.05) is 0 Å². The molecule has 0 aromatic rings. The van der Waals surface area contributed by atoms with Crippen LogP contribution in [0.3, 0.4) is 0 Å². The summed E-state index contributed by atoms with van der Waals surface area (Å²) < 4.78 is 0. The standard InChI is InChI=1S/C15H20O/c1-10(2)12-6-7-13-14(16)8-5-11(3)15(13,4)9-12/h5,7-8,11-12H,1,6,9H2,2-4H3/t11-,12-,15-/m1/s1. The fraction of sp³-hybridized carbons (Fsp3) is 0.533. The van der Waals surface area contributed by atoms with Gasteiger partial charge in [-0.1, -0.05) is 38.2 Å². The lowest BCUT2D eigenvalue weighted by molar-refractivity contribution is -0.113. The number of allylic oxidation sites excluding steroid dienone is 5. The van der Waals surface area contributed by atoms with Crippen molar-refractivity contribution in [3.8, 4) is 0 Å². The van der Waals surface area contributed by atoms with Crippen molar-refractivity contribution in [1.29, 1.82) is 0 Å². The highest BCUT2D eigenvalue weighted by Crippen LogP contribution is 2.49. The van der Waals surface area contributed by atoms with Gasteiger partial charge < -0.3 is 0 Å². The van der Waals surface area contributed by atoms with E-state index >= 15 is 0 Å². The number of hydrogen-bond donors (Lipinski definition) is 0. The van der Waals surface area contributed by atoms with Gasteiger partial charge in [0.1, 0.15) is 0 Å². The Morgan fingerprint density at radius 3 is 2.88 bits per heavy atom. The summed E-state index contributed by atoms with van der Waals surface area (Å²) >= 11 is 0. The predicted octanol–water partition coefficient (Wildman–Crippen LogP) is 3.68. The van der Waals surface area contributed by atoms with Gasteiger partial charge in [0.05, 0.1) is 0 Å². The fourth-order valence-corrected chi connectivity index (χ4v) is 2.92. The first kappa shape index (κ1) is 11.4. The van der Waals surface area contributed by atoms with Crippen LogP contribution in [-0.2, 0) is 4.79 Å². The molecule has 0 N–H and O–H groups in total. The molecule has 0 aliphatic heterocycles. The van der Waals surface area contributed by atoms with E-state index in [1.165, 1.54) is 5.57 Å². The van der Waals surface area contributed by atoms with Gasteiger partial charge in [0.15, 0.2) is 5.78 Å². The zero-order valence-corrected chi connectivity index (χ0v) is 10.4. The van der Waals surface area contributed by atoms with E-state index in [4.69, 9.17) is 0 Å². The highest BCUT2D eigenvalue weighted by molar-refractivity contribution is 6.06. The highest BCUT2D eigenvalue weighted by atomic mass is 16.1. The molecular weight excluding hydrogens is 196 g/mol. The van der Waals surface area contributed by atoms with Crippen LogP contribution in [0.2, 0.25) is 0 Å². The summed E-state index contributed by atoms with van der Waals surface area (Å²) in [4.78, 5) is 11.9. The van der Waals surface area contributed by atoms with Crippen LogP contribution in [0.15, 0.2) is 36.0 Å². The quantitative estimate of drug-likeness (QED) is 0.611. The van der Waals surface area contributed by atoms with Gasteiger partial charge in [-0.15, -0.1) is 0 Å². The predicted molar refractivity (Wildman–Crippen MR) is 67.0 cm³/mol. The minimum Gasteiger partial charge on any atom is -0.290 e. The normalized spacial score (nSPS) is 37.9. The molecule has 0 radical (unpaired) electrons. The Balaban J connectivity index is 2.40. The Hall–Kier alpha value is -1.11. The summed E-state index contributed by atoms with van der Waals surface area (Å²) in [7, 11) is 0. The second-order valence-corrected chi connectivity index (χ2v) is 5.53. The largest absolute Gasteiger partial charge is 0.290 e. The molecule has 1 nitrogen and oxygen atoms in total. The maximum Gasteiger partial charge on any atom is 0.181 e. The van der Waals surface area contributed by atoms with E-state index in [9.17, 15) is 4.79 Å². The van der Waals surface area contributed by atoms with Gasteiger partial charge in [0.25, 0.3) is 0 Å². The zero-order chi connectivity index (χ0) is 11.9. The molecule has 0 aromatic heterocycles. The van der Waals surface area contributed by atoms with E-state index in [2.05, 4.69) is 39.5 Å². The third-order valence-corrected chi connectivity index (χ3v) is 4.40. The van der Waals surface area contributed by atoms with Crippen LogP contribution < -0.4 is 0 Å². The maximum atomic E-state index is 11.9. The van der Waals surface area contributed by atoms with Crippen molar-refractivity contribution in [2.24, 2.45) is 17.3 Å². The molecule has 0 fully saturated rings. The minimum atomic E-state index is 0.0215. The van der Waals surface area contributed by atoms with Crippen molar-refractivity contribution in [3.05, 3.63) is 36.0 Å². The Kier molecular flexibility index (Phi) is 2.65. The Bertz CT molecular complexity index is 400. The lowest BCUT2D eigenvalue weighted by Gasteiger charge is -2.44. The van der Waals surface area contributed by atoms with Crippen molar-refractivity contribution < 1.29 is 4.79 Å². The molecular formula is C15H20O. The van der Waals surface area contributed by atoms with Gasteiger partial charge in [-0.05, 0) is 37.7 Å². The summed E-state index contributed by atoms with van der Waals surface area (Å²) in [6.45, 7) is 10.6. The van der Waals surface area contributed by atoms with Crippen molar-refractivity contribution in [2.45, 2.75) is 33.6 Å². The SMILES string of the molecule is C=C(C)[C@@H]1CC=C2C(=O)C=C[C@@H](C)[C@@]2(C)C1. The van der Waals surface area contributed by atoms with Crippen LogP contribution >= 0.6 is 0 Å². The lowest BCUT2D eigenvalue weighted by atomic mass is 9.59. The number of ketones is 1. The van der Waals surface area contributed by atoms with E-state index in [0.29, 0.717) is 11.8 Å². The second kappa shape index (κ2) is 3.73. The molecule has 16 heavy (non-hydrogen) atoms. The maximum absolute atomic E-state index is 11.9. The zero-order valence-electron chi connectivity index (χ0n) is 10.4. The summed E-state index contributed by atoms with van der Waals surface area (Å²) in [5, 5.41) is 0. The molecule has 0 saturated carbocycles. The van der Waals surface area contributed by atoms with E-state index in [1.807, 2.05) is 0 Å². The number of carbonyl (C=O) groups excluding carboxylic acids is 1. The molecule has 0 saturated heterocycles. The minimum absolute atomic E-state index is 0.0215. The third-order valence-electron chi connectivity index (χ3n) is 4.40. The van der Waals surface area contributed by atoms with Crippen molar-refractivity contribution in [1.82, 2.24) is 0 Å². The van der Waals surface area contributed by atoms with Gasteiger partial charge in [-0.25, -0.2) is 0 Å². The topological polar surface area (TPSA) is 17.1 Å². The van der Waals surface area contributed by atoms with Crippen LogP contribution in [0.25, 0.3) is 0 Å². The molecule has 1 heteroatoms. The Morgan fingerprint density at radius 1 is 1.56 bits per heavy atom. The highest BCUT2D eigenvalue weighted by Gasteiger charge is 2.42. The van der Waals surface area contributed by atoms with E-state index in [-0.39, 0.29) is 11.2 Å². The first-order chi connectivity index (χ1) is 7.45. The third kappa shape index (κ3) is 1.59. The Labute approximate surface area is 97.9 Å². The number of hydrogen-bond acceptors (Lipinski definition) is 1. The van der Waals surface area contributed by atoms with E-state index in [1.54, 1.807) is 6.08 Å². The van der Waals surface area contributed by atoms with Crippen LogP contribution in [0.4, 0.5) is 0 Å². The monoisotopic (exact) mass is 216 g/mol. The fourth-order valence-electron chi connectivity index (χ4n) is 2.92. The number of rotatable bonds is 1. The molecule has 0 unspecified atom stereocenters. The van der Waals surface area contributed by atoms with Crippen LogP contribution in [-0.4, -0.2) is 5.78 Å². The van der Waals surface area contributed by atoms with Gasteiger partial charge >= 0.3 is 0 Å². The molecule has 2 aliphatic carbocycles. The van der Waals surface area contributed by atoms with Crippen molar-refractivity contribution in [3.63, 3.8) is 0 Å². The average Bonchev–Trinajstić information content (AvgIpc) is 2.23. The molecule has 3 atom stereocenters. The Morgan fingerprint density at radius 2 is 2.25 bits per heavy atom.